The summed E-state index contributed by atoms with van der Waals surface area (Å²) in [6, 6.07) is 16.2. The van der Waals surface area contributed by atoms with Gasteiger partial charge in [0.25, 0.3) is 0 Å². The number of nitrogens with one attached hydrogen (secondary N) is 4. The lowest BCUT2D eigenvalue weighted by Gasteiger charge is -2.35. The van der Waals surface area contributed by atoms with E-state index in [0.29, 0.717) is 22.3 Å². The van der Waals surface area contributed by atoms with Gasteiger partial charge in [0.15, 0.2) is 10.2 Å². The largest absolute Gasteiger partial charge is 0.360 e. The van der Waals surface area contributed by atoms with Gasteiger partial charge in [0, 0.05) is 33.5 Å². The number of anilines is 2. The molecule has 35 heavy (non-hydrogen) atoms. The fraction of sp³-hybridized carbons (Fsp3) is 0.481. The first kappa shape index (κ1) is 26.5. The fourth-order valence-electron chi connectivity index (χ4n) is 5.33. The first-order chi connectivity index (χ1) is 16.9. The van der Waals surface area contributed by atoms with Gasteiger partial charge in [-0.25, -0.2) is 0 Å². The van der Waals surface area contributed by atoms with E-state index < -0.39 is 0 Å². The molecule has 2 aliphatic carbocycles. The molecule has 2 aliphatic rings. The highest BCUT2D eigenvalue weighted by molar-refractivity contribution is 7.80. The summed E-state index contributed by atoms with van der Waals surface area (Å²) in [5, 5.41) is 16.4. The molecular weight excluding hydrogens is 515 g/mol. The van der Waals surface area contributed by atoms with Gasteiger partial charge in [0.2, 0.25) is 0 Å². The van der Waals surface area contributed by atoms with Crippen molar-refractivity contribution in [3.63, 3.8) is 0 Å². The van der Waals surface area contributed by atoms with E-state index in [2.05, 4.69) is 21.3 Å². The van der Waals surface area contributed by atoms with Crippen LogP contribution < -0.4 is 21.3 Å². The van der Waals surface area contributed by atoms with Crippen molar-refractivity contribution in [2.45, 2.75) is 69.9 Å². The van der Waals surface area contributed by atoms with Crippen LogP contribution in [0.3, 0.4) is 0 Å². The lowest BCUT2D eigenvalue weighted by atomic mass is 9.76. The smallest absolute Gasteiger partial charge is 0.170 e. The topological polar surface area (TPSA) is 48.1 Å². The van der Waals surface area contributed by atoms with Crippen LogP contribution in [0.5, 0.6) is 0 Å². The minimum absolute atomic E-state index is 0.465. The molecule has 0 atom stereocenters. The van der Waals surface area contributed by atoms with Gasteiger partial charge in [0.1, 0.15) is 0 Å². The predicted octanol–water partition coefficient (Wildman–Crippen LogP) is 7.77. The van der Waals surface area contributed by atoms with Crippen LogP contribution in [-0.4, -0.2) is 22.3 Å². The molecule has 2 fully saturated rings. The second-order valence-corrected chi connectivity index (χ2v) is 11.6. The van der Waals surface area contributed by atoms with Crippen LogP contribution in [0.15, 0.2) is 48.5 Å². The van der Waals surface area contributed by atoms with Gasteiger partial charge in [0.05, 0.1) is 0 Å². The highest BCUT2D eigenvalue weighted by Crippen LogP contribution is 2.35. The third kappa shape index (κ3) is 8.78. The number of hydrogen-bond donors (Lipinski definition) is 4. The maximum absolute atomic E-state index is 5.95. The fourth-order valence-corrected chi connectivity index (χ4v) is 6.15. The monoisotopic (exact) mass is 548 g/mol. The van der Waals surface area contributed by atoms with Gasteiger partial charge in [-0.05, 0) is 143 Å². The van der Waals surface area contributed by atoms with E-state index in [1.165, 1.54) is 57.8 Å². The summed E-state index contributed by atoms with van der Waals surface area (Å²) in [7, 11) is 0. The van der Waals surface area contributed by atoms with E-state index in [4.69, 9.17) is 47.6 Å². The Labute approximate surface area is 229 Å². The highest BCUT2D eigenvalue weighted by atomic mass is 35.5. The highest BCUT2D eigenvalue weighted by Gasteiger charge is 2.27. The van der Waals surface area contributed by atoms with E-state index in [1.54, 1.807) is 0 Å². The molecule has 0 heterocycles. The molecule has 0 aromatic heterocycles. The molecule has 2 aromatic carbocycles. The van der Waals surface area contributed by atoms with E-state index in [1.807, 2.05) is 48.5 Å². The Hall–Kier alpha value is -1.60. The number of rotatable bonds is 6. The Morgan fingerprint density at radius 1 is 0.600 bits per heavy atom. The third-order valence-corrected chi connectivity index (χ3v) is 8.18. The van der Waals surface area contributed by atoms with Gasteiger partial charge in [-0.2, -0.15) is 0 Å². The Balaban J connectivity index is 1.10. The van der Waals surface area contributed by atoms with E-state index in [-0.39, 0.29) is 0 Å². The predicted molar refractivity (Wildman–Crippen MR) is 158 cm³/mol. The van der Waals surface area contributed by atoms with Gasteiger partial charge >= 0.3 is 0 Å². The van der Waals surface area contributed by atoms with E-state index in [9.17, 15) is 0 Å². The average molecular weight is 550 g/mol. The summed E-state index contributed by atoms with van der Waals surface area (Å²) in [6.07, 6.45) is 11.3. The van der Waals surface area contributed by atoms with Crippen molar-refractivity contribution in [2.75, 3.05) is 10.6 Å². The molecule has 2 aromatic rings. The first-order valence-electron chi connectivity index (χ1n) is 12.6. The Bertz CT molecular complexity index is 888. The third-order valence-electron chi connectivity index (χ3n) is 7.23. The van der Waals surface area contributed by atoms with Crippen LogP contribution in [0.4, 0.5) is 11.4 Å². The maximum Gasteiger partial charge on any atom is 0.170 e. The minimum Gasteiger partial charge on any atom is -0.360 e. The molecule has 0 radical (unpaired) electrons. The molecule has 0 saturated heterocycles. The molecule has 0 aliphatic heterocycles. The molecular formula is C27H34Cl2N4S2. The summed E-state index contributed by atoms with van der Waals surface area (Å²) < 4.78 is 0. The molecule has 8 heteroatoms. The van der Waals surface area contributed by atoms with Crippen LogP contribution >= 0.6 is 47.6 Å². The number of benzene rings is 2. The minimum atomic E-state index is 0.465. The number of halogens is 2. The summed E-state index contributed by atoms with van der Waals surface area (Å²) in [5.74, 6) is 1.68. The van der Waals surface area contributed by atoms with Crippen molar-refractivity contribution in [1.29, 1.82) is 0 Å². The Morgan fingerprint density at radius 2 is 0.943 bits per heavy atom. The SMILES string of the molecule is S=C(Nc1ccc(Cl)cc1)NC1CCC(CC2CCC(NC(=S)Nc3ccc(Cl)cc3)CC2)CC1. The molecule has 2 saturated carbocycles. The van der Waals surface area contributed by atoms with E-state index in [0.717, 1.165) is 33.3 Å². The number of thiocarbonyl (C=S) groups is 2. The lowest BCUT2D eigenvalue weighted by Crippen LogP contribution is -2.41. The summed E-state index contributed by atoms with van der Waals surface area (Å²) >= 11 is 22.9. The second kappa shape index (κ2) is 13.1. The summed E-state index contributed by atoms with van der Waals surface area (Å²) in [6.45, 7) is 0. The normalized spacial score (nSPS) is 24.3. The van der Waals surface area contributed by atoms with Crippen molar-refractivity contribution in [2.24, 2.45) is 11.8 Å². The first-order valence-corrected chi connectivity index (χ1v) is 14.2. The van der Waals surface area contributed by atoms with E-state index >= 15 is 0 Å². The van der Waals surface area contributed by atoms with Crippen molar-refractivity contribution in [3.05, 3.63) is 58.6 Å². The van der Waals surface area contributed by atoms with Crippen LogP contribution in [0.2, 0.25) is 10.0 Å². The van der Waals surface area contributed by atoms with Crippen molar-refractivity contribution in [3.8, 4) is 0 Å². The van der Waals surface area contributed by atoms with Crippen LogP contribution in [-0.2, 0) is 0 Å². The van der Waals surface area contributed by atoms with Crippen molar-refractivity contribution >= 4 is 69.2 Å². The summed E-state index contributed by atoms with van der Waals surface area (Å²) in [4.78, 5) is 0. The number of hydrogen-bond acceptors (Lipinski definition) is 2. The van der Waals surface area contributed by atoms with Crippen molar-refractivity contribution < 1.29 is 0 Å². The molecule has 0 bridgehead atoms. The lowest BCUT2D eigenvalue weighted by molar-refractivity contribution is 0.217. The summed E-state index contributed by atoms with van der Waals surface area (Å²) in [5.41, 5.74) is 1.93. The zero-order chi connectivity index (χ0) is 24.6. The standard InChI is InChI=1S/C27H34Cl2N4S2/c28-20-5-13-24(14-6-20)32-26(34)30-22-9-1-18(2-10-22)17-19-3-11-23(12-4-19)31-27(35)33-25-15-7-21(29)8-16-25/h5-8,13-16,18-19,22-23H,1-4,9-12,17H2,(H2,30,32,34)(H2,31,33,35). The maximum atomic E-state index is 5.95. The molecule has 188 valence electrons. The molecule has 0 spiro atoms. The van der Waals surface area contributed by atoms with Crippen LogP contribution in [0, 0.1) is 11.8 Å². The zero-order valence-electron chi connectivity index (χ0n) is 19.9. The van der Waals surface area contributed by atoms with Crippen LogP contribution in [0.25, 0.3) is 0 Å². The average Bonchev–Trinajstić information content (AvgIpc) is 2.84. The van der Waals surface area contributed by atoms with Gasteiger partial charge in [-0.1, -0.05) is 23.2 Å². The zero-order valence-corrected chi connectivity index (χ0v) is 23.0. The molecule has 4 nitrogen and oxygen atoms in total. The molecule has 0 unspecified atom stereocenters. The molecule has 4 rings (SSSR count). The Kier molecular flexibility index (Phi) is 9.90. The Morgan fingerprint density at radius 3 is 1.29 bits per heavy atom. The van der Waals surface area contributed by atoms with Crippen molar-refractivity contribution in [1.82, 2.24) is 10.6 Å². The molecule has 0 amide bonds. The quantitative estimate of drug-likeness (QED) is 0.276. The van der Waals surface area contributed by atoms with Crippen LogP contribution in [0.1, 0.15) is 57.8 Å². The second-order valence-electron chi connectivity index (χ2n) is 9.88. The molecule has 4 N–H and O–H groups in total. The van der Waals surface area contributed by atoms with Gasteiger partial charge < -0.3 is 21.3 Å². The van der Waals surface area contributed by atoms with Gasteiger partial charge in [-0.3, -0.25) is 0 Å². The van der Waals surface area contributed by atoms with Gasteiger partial charge in [-0.15, -0.1) is 0 Å².